The van der Waals surface area contributed by atoms with Crippen LogP contribution in [0.3, 0.4) is 0 Å². The molecule has 0 aliphatic carbocycles. The number of rotatable bonds is 14. The summed E-state index contributed by atoms with van der Waals surface area (Å²) in [6.45, 7) is 3.84. The van der Waals surface area contributed by atoms with E-state index in [1.807, 2.05) is 0 Å². The SMILES string of the molecule is CCCCCCCCCCCCP(C)(=O)Oc1cccc([N+](=O)[O-])c1. The van der Waals surface area contributed by atoms with Gasteiger partial charge in [-0.15, -0.1) is 0 Å². The van der Waals surface area contributed by atoms with E-state index in [9.17, 15) is 14.7 Å². The molecule has 0 aliphatic rings. The number of non-ortho nitro benzene ring substituents is 1. The van der Waals surface area contributed by atoms with Crippen LogP contribution in [-0.2, 0) is 4.57 Å². The molecular weight excluding hydrogens is 337 g/mol. The molecule has 1 unspecified atom stereocenters. The Bertz CT molecular complexity index is 562. The quantitative estimate of drug-likeness (QED) is 0.156. The van der Waals surface area contributed by atoms with Crippen LogP contribution in [0.2, 0.25) is 0 Å². The molecule has 0 spiro atoms. The standard InChI is InChI=1S/C19H32NO4P/c1-3-4-5-6-7-8-9-10-11-12-16-25(2,23)24-19-15-13-14-18(17-19)20(21)22/h13-15,17H,3-12,16H2,1-2H3. The molecule has 5 nitrogen and oxygen atoms in total. The largest absolute Gasteiger partial charge is 0.443 e. The molecule has 25 heavy (non-hydrogen) atoms. The van der Waals surface area contributed by atoms with Crippen LogP contribution in [-0.4, -0.2) is 17.8 Å². The molecule has 142 valence electrons. The minimum atomic E-state index is -2.76. The van der Waals surface area contributed by atoms with Gasteiger partial charge in [0.2, 0.25) is 7.37 Å². The van der Waals surface area contributed by atoms with Crippen molar-refractivity contribution >= 4 is 13.1 Å². The molecule has 1 rings (SSSR count). The number of benzene rings is 1. The molecule has 0 N–H and O–H groups in total. The minimum absolute atomic E-state index is 0.0450. The zero-order valence-corrected chi connectivity index (χ0v) is 16.5. The summed E-state index contributed by atoms with van der Waals surface area (Å²) in [5.41, 5.74) is -0.0450. The van der Waals surface area contributed by atoms with Crippen molar-refractivity contribution in [3.8, 4) is 5.75 Å². The molecule has 0 radical (unpaired) electrons. The third-order valence-corrected chi connectivity index (χ3v) is 5.97. The second-order valence-electron chi connectivity index (χ2n) is 6.77. The highest BCUT2D eigenvalue weighted by atomic mass is 31.2. The highest BCUT2D eigenvalue weighted by Gasteiger charge is 2.18. The van der Waals surface area contributed by atoms with Gasteiger partial charge in [-0.2, -0.15) is 0 Å². The van der Waals surface area contributed by atoms with Crippen molar-refractivity contribution in [2.75, 3.05) is 12.8 Å². The molecule has 0 aromatic heterocycles. The average Bonchev–Trinajstić information content (AvgIpc) is 2.56. The van der Waals surface area contributed by atoms with Crippen LogP contribution in [0.5, 0.6) is 5.75 Å². The Balaban J connectivity index is 2.18. The molecule has 1 atom stereocenters. The topological polar surface area (TPSA) is 69.4 Å². The van der Waals surface area contributed by atoms with Crippen molar-refractivity contribution in [1.29, 1.82) is 0 Å². The van der Waals surface area contributed by atoms with Gasteiger partial charge >= 0.3 is 0 Å². The molecule has 0 saturated heterocycles. The summed E-state index contributed by atoms with van der Waals surface area (Å²) in [6.07, 6.45) is 12.8. The van der Waals surface area contributed by atoms with E-state index in [-0.39, 0.29) is 5.69 Å². The number of unbranched alkanes of at least 4 members (excludes halogenated alkanes) is 9. The fraction of sp³-hybridized carbons (Fsp3) is 0.684. The maximum atomic E-state index is 12.5. The van der Waals surface area contributed by atoms with E-state index in [4.69, 9.17) is 4.52 Å². The third-order valence-electron chi connectivity index (χ3n) is 4.24. The summed E-state index contributed by atoms with van der Waals surface area (Å²) < 4.78 is 18.0. The summed E-state index contributed by atoms with van der Waals surface area (Å²) >= 11 is 0. The van der Waals surface area contributed by atoms with Gasteiger partial charge in [0.05, 0.1) is 11.0 Å². The highest BCUT2D eigenvalue weighted by Crippen LogP contribution is 2.44. The van der Waals surface area contributed by atoms with Crippen LogP contribution >= 0.6 is 7.37 Å². The van der Waals surface area contributed by atoms with E-state index in [0.29, 0.717) is 11.9 Å². The van der Waals surface area contributed by atoms with Crippen LogP contribution in [0.25, 0.3) is 0 Å². The normalized spacial score (nSPS) is 13.4. The van der Waals surface area contributed by atoms with Gasteiger partial charge in [-0.3, -0.25) is 14.7 Å². The summed E-state index contributed by atoms with van der Waals surface area (Å²) in [5, 5.41) is 10.8. The van der Waals surface area contributed by atoms with Crippen molar-refractivity contribution in [3.05, 3.63) is 34.4 Å². The van der Waals surface area contributed by atoms with Crippen LogP contribution < -0.4 is 4.52 Å². The fourth-order valence-corrected chi connectivity index (χ4v) is 4.26. The van der Waals surface area contributed by atoms with E-state index in [1.54, 1.807) is 18.8 Å². The molecule has 1 aromatic carbocycles. The lowest BCUT2D eigenvalue weighted by Gasteiger charge is -2.15. The Morgan fingerprint density at radius 1 is 1.00 bits per heavy atom. The molecular formula is C19H32NO4P. The Kier molecular flexibility index (Phi) is 10.5. The summed E-state index contributed by atoms with van der Waals surface area (Å²) in [4.78, 5) is 10.3. The lowest BCUT2D eigenvalue weighted by atomic mass is 10.1. The van der Waals surface area contributed by atoms with Crippen molar-refractivity contribution in [2.24, 2.45) is 0 Å². The molecule has 0 aliphatic heterocycles. The lowest BCUT2D eigenvalue weighted by molar-refractivity contribution is -0.384. The Labute approximate surface area is 151 Å². The van der Waals surface area contributed by atoms with Gasteiger partial charge in [0.1, 0.15) is 5.75 Å². The van der Waals surface area contributed by atoms with Crippen molar-refractivity contribution in [1.82, 2.24) is 0 Å². The molecule has 0 bridgehead atoms. The van der Waals surface area contributed by atoms with Gasteiger partial charge in [-0.05, 0) is 12.5 Å². The second kappa shape index (κ2) is 12.1. The van der Waals surface area contributed by atoms with E-state index in [1.165, 1.54) is 63.5 Å². The maximum Gasteiger partial charge on any atom is 0.273 e. The monoisotopic (exact) mass is 369 g/mol. The summed E-state index contributed by atoms with van der Waals surface area (Å²) in [5.74, 6) is 0.312. The molecule has 1 aromatic rings. The van der Waals surface area contributed by atoms with Crippen LogP contribution in [0, 0.1) is 10.1 Å². The van der Waals surface area contributed by atoms with Crippen LogP contribution in [0.15, 0.2) is 24.3 Å². The van der Waals surface area contributed by atoms with Crippen molar-refractivity contribution in [2.45, 2.75) is 71.1 Å². The molecule has 0 amide bonds. The van der Waals surface area contributed by atoms with E-state index >= 15 is 0 Å². The first-order valence-electron chi connectivity index (χ1n) is 9.45. The number of hydrogen-bond donors (Lipinski definition) is 0. The molecule has 0 saturated carbocycles. The first-order valence-corrected chi connectivity index (χ1v) is 11.7. The first-order chi connectivity index (χ1) is 11.9. The van der Waals surface area contributed by atoms with E-state index < -0.39 is 12.3 Å². The average molecular weight is 369 g/mol. The lowest BCUT2D eigenvalue weighted by Crippen LogP contribution is -1.98. The van der Waals surface area contributed by atoms with Gasteiger partial charge in [0.15, 0.2) is 0 Å². The highest BCUT2D eigenvalue weighted by molar-refractivity contribution is 7.58. The summed E-state index contributed by atoms with van der Waals surface area (Å²) in [7, 11) is -2.76. The second-order valence-corrected chi connectivity index (χ2v) is 9.42. The predicted molar refractivity (Wildman–Crippen MR) is 104 cm³/mol. The number of hydrogen-bond acceptors (Lipinski definition) is 4. The Hall–Kier alpha value is -1.35. The third kappa shape index (κ3) is 10.3. The zero-order valence-electron chi connectivity index (χ0n) is 15.6. The first kappa shape index (κ1) is 21.7. The van der Waals surface area contributed by atoms with Gasteiger partial charge in [-0.25, -0.2) is 0 Å². The number of nitro benzene ring substituents is 1. The predicted octanol–water partition coefficient (Wildman–Crippen LogP) is 6.80. The smallest absolute Gasteiger partial charge is 0.273 e. The van der Waals surface area contributed by atoms with Gasteiger partial charge in [-0.1, -0.05) is 70.8 Å². The molecule has 0 heterocycles. The Morgan fingerprint density at radius 3 is 2.12 bits per heavy atom. The minimum Gasteiger partial charge on any atom is -0.443 e. The van der Waals surface area contributed by atoms with Crippen LogP contribution in [0.4, 0.5) is 5.69 Å². The molecule has 0 fully saturated rings. The maximum absolute atomic E-state index is 12.5. The number of nitrogens with zero attached hydrogens (tertiary/aromatic N) is 1. The van der Waals surface area contributed by atoms with Crippen molar-refractivity contribution < 1.29 is 14.0 Å². The van der Waals surface area contributed by atoms with Gasteiger partial charge in [0.25, 0.3) is 5.69 Å². The van der Waals surface area contributed by atoms with Crippen LogP contribution in [0.1, 0.15) is 71.1 Å². The molecule has 6 heteroatoms. The van der Waals surface area contributed by atoms with Crippen molar-refractivity contribution in [3.63, 3.8) is 0 Å². The van der Waals surface area contributed by atoms with Gasteiger partial charge < -0.3 is 4.52 Å². The van der Waals surface area contributed by atoms with E-state index in [0.717, 1.165) is 12.8 Å². The zero-order chi connectivity index (χ0) is 18.5. The fourth-order valence-electron chi connectivity index (χ4n) is 2.81. The summed E-state index contributed by atoms with van der Waals surface area (Å²) in [6, 6.07) is 5.89. The van der Waals surface area contributed by atoms with Gasteiger partial charge in [0, 0.05) is 18.9 Å². The Morgan fingerprint density at radius 2 is 1.56 bits per heavy atom. The number of nitro groups is 1. The van der Waals surface area contributed by atoms with E-state index in [2.05, 4.69) is 6.92 Å².